The number of carbonyl (C=O) groups is 1. The van der Waals surface area contributed by atoms with Gasteiger partial charge in [0.25, 0.3) is 5.56 Å². The Kier molecular flexibility index (Phi) is 5.13. The van der Waals surface area contributed by atoms with Crippen LogP contribution in [0.25, 0.3) is 44.2 Å². The smallest absolute Gasteiger partial charge is 0.310 e. The zero-order valence-electron chi connectivity index (χ0n) is 20.8. The van der Waals surface area contributed by atoms with E-state index in [0.29, 0.717) is 52.2 Å². The molecular formula is C28H22N6O5. The highest BCUT2D eigenvalue weighted by atomic mass is 16.7. The molecule has 0 saturated heterocycles. The van der Waals surface area contributed by atoms with E-state index in [0.717, 1.165) is 22.0 Å². The third kappa shape index (κ3) is 3.96. The third-order valence-corrected chi connectivity index (χ3v) is 6.72. The average Bonchev–Trinajstić information content (AvgIpc) is 3.62. The van der Waals surface area contributed by atoms with Crippen LogP contribution < -0.4 is 25.5 Å². The monoisotopic (exact) mass is 522 g/mol. The Hall–Kier alpha value is -5.16. The quantitative estimate of drug-likeness (QED) is 0.291. The van der Waals surface area contributed by atoms with Gasteiger partial charge < -0.3 is 34.5 Å². The fraction of sp³-hybridized carbons (Fsp3) is 0.143. The average molecular weight is 523 g/mol. The predicted molar refractivity (Wildman–Crippen MR) is 144 cm³/mol. The first kappa shape index (κ1) is 23.0. The first-order valence-electron chi connectivity index (χ1n) is 12.3. The number of aromatic amines is 2. The van der Waals surface area contributed by atoms with Crippen molar-refractivity contribution < 1.29 is 19.0 Å². The largest absolute Gasteiger partial charge is 0.454 e. The number of hydrogen-bond acceptors (Lipinski definition) is 8. The Morgan fingerprint density at radius 3 is 2.56 bits per heavy atom. The molecule has 0 bridgehead atoms. The maximum absolute atomic E-state index is 13.4. The Morgan fingerprint density at radius 2 is 1.77 bits per heavy atom. The summed E-state index contributed by atoms with van der Waals surface area (Å²) in [6, 6.07) is 15.4. The molecule has 11 nitrogen and oxygen atoms in total. The van der Waals surface area contributed by atoms with Gasteiger partial charge in [0.1, 0.15) is 5.69 Å². The first-order valence-corrected chi connectivity index (χ1v) is 12.3. The second-order valence-electron chi connectivity index (χ2n) is 9.35. The van der Waals surface area contributed by atoms with Crippen LogP contribution in [0, 0.1) is 0 Å². The number of benzene rings is 3. The molecule has 0 unspecified atom stereocenters. The molecule has 3 aromatic heterocycles. The number of nitrogens with two attached hydrogens (primary N) is 1. The molecule has 4 heterocycles. The summed E-state index contributed by atoms with van der Waals surface area (Å²) in [6.07, 6.45) is 1.92. The van der Waals surface area contributed by atoms with E-state index in [1.807, 2.05) is 36.5 Å². The number of rotatable bonds is 5. The van der Waals surface area contributed by atoms with E-state index in [4.69, 9.17) is 24.9 Å². The van der Waals surface area contributed by atoms with Gasteiger partial charge >= 0.3 is 12.0 Å². The number of fused-ring (bicyclic) bond motifs is 4. The number of hydrogen-bond donors (Lipinski definition) is 3. The molecule has 0 amide bonds. The van der Waals surface area contributed by atoms with E-state index < -0.39 is 5.97 Å². The Morgan fingerprint density at radius 1 is 1.03 bits per heavy atom. The molecule has 0 fully saturated rings. The van der Waals surface area contributed by atoms with Crippen LogP contribution >= 0.6 is 0 Å². The highest BCUT2D eigenvalue weighted by Crippen LogP contribution is 2.40. The number of nitrogens with one attached hydrogen (secondary N) is 2. The fourth-order valence-corrected chi connectivity index (χ4v) is 4.99. The Bertz CT molecular complexity index is 2000. The second-order valence-corrected chi connectivity index (χ2v) is 9.35. The van der Waals surface area contributed by atoms with Crippen molar-refractivity contribution in [1.29, 1.82) is 0 Å². The third-order valence-electron chi connectivity index (χ3n) is 6.72. The lowest BCUT2D eigenvalue weighted by atomic mass is 10.1. The molecule has 0 radical (unpaired) electrons. The van der Waals surface area contributed by atoms with Crippen molar-refractivity contribution in [3.8, 4) is 28.8 Å². The number of imidazole rings is 1. The lowest BCUT2D eigenvalue weighted by molar-refractivity contribution is -0.132. The van der Waals surface area contributed by atoms with Gasteiger partial charge in [-0.2, -0.15) is 4.98 Å². The van der Waals surface area contributed by atoms with Crippen molar-refractivity contribution >= 4 is 38.9 Å². The minimum atomic E-state index is -0.487. The van der Waals surface area contributed by atoms with Crippen LogP contribution in [0.3, 0.4) is 0 Å². The van der Waals surface area contributed by atoms with Crippen molar-refractivity contribution in [3.05, 3.63) is 76.2 Å². The zero-order valence-corrected chi connectivity index (χ0v) is 20.8. The summed E-state index contributed by atoms with van der Waals surface area (Å²) in [5.41, 5.74) is 11.6. The van der Waals surface area contributed by atoms with E-state index in [-0.39, 0.29) is 24.1 Å². The van der Waals surface area contributed by atoms with Gasteiger partial charge in [-0.1, -0.05) is 24.3 Å². The van der Waals surface area contributed by atoms with Gasteiger partial charge in [0.15, 0.2) is 11.5 Å². The molecule has 7 rings (SSSR count). The summed E-state index contributed by atoms with van der Waals surface area (Å²) in [5, 5.41) is 0.811. The minimum Gasteiger partial charge on any atom is -0.454 e. The van der Waals surface area contributed by atoms with E-state index in [2.05, 4.69) is 25.6 Å². The van der Waals surface area contributed by atoms with Crippen LogP contribution in [-0.2, 0) is 17.9 Å². The zero-order chi connectivity index (χ0) is 26.7. The van der Waals surface area contributed by atoms with Crippen LogP contribution in [0.5, 0.6) is 17.5 Å². The second kappa shape index (κ2) is 8.71. The predicted octanol–water partition coefficient (Wildman–Crippen LogP) is 3.58. The molecule has 4 N–H and O–H groups in total. The summed E-state index contributed by atoms with van der Waals surface area (Å²) in [5.74, 6) is 0.773. The van der Waals surface area contributed by atoms with Crippen LogP contribution in [0.1, 0.15) is 18.1 Å². The summed E-state index contributed by atoms with van der Waals surface area (Å²) >= 11 is 0. The highest BCUT2D eigenvalue weighted by Gasteiger charge is 2.22. The molecule has 1 aliphatic heterocycles. The van der Waals surface area contributed by atoms with Gasteiger partial charge in [0.2, 0.25) is 6.79 Å². The van der Waals surface area contributed by atoms with Crippen molar-refractivity contribution in [1.82, 2.24) is 24.5 Å². The van der Waals surface area contributed by atoms with Crippen molar-refractivity contribution in [3.63, 3.8) is 0 Å². The number of ether oxygens (including phenoxy) is 3. The number of H-pyrrole nitrogens is 2. The minimum absolute atomic E-state index is 0.0771. The molecule has 194 valence electrons. The number of nitrogens with zero attached hydrogens (tertiary/aromatic N) is 3. The molecule has 11 heteroatoms. The normalized spacial score (nSPS) is 12.6. The van der Waals surface area contributed by atoms with Crippen LogP contribution in [0.4, 0.5) is 0 Å². The number of aromatic nitrogens is 5. The SMILES string of the molecule is CC(=O)Oc1nc2cc3[nH]c(=O)c(-c4cn(Cc5cccc(CN)c5)c5cc6c(cc45)OCO6)nc3cc2[nH]1. The molecule has 0 aliphatic carbocycles. The lowest BCUT2D eigenvalue weighted by Crippen LogP contribution is -2.11. The van der Waals surface area contributed by atoms with Gasteiger partial charge in [-0.3, -0.25) is 9.59 Å². The Balaban J connectivity index is 1.40. The Labute approximate surface area is 220 Å². The molecule has 0 atom stereocenters. The maximum Gasteiger partial charge on any atom is 0.310 e. The van der Waals surface area contributed by atoms with E-state index in [1.54, 1.807) is 12.1 Å². The molecule has 0 saturated carbocycles. The van der Waals surface area contributed by atoms with Crippen LogP contribution in [-0.4, -0.2) is 37.3 Å². The van der Waals surface area contributed by atoms with Gasteiger partial charge in [0, 0.05) is 43.2 Å². The molecular weight excluding hydrogens is 500 g/mol. The highest BCUT2D eigenvalue weighted by molar-refractivity contribution is 5.99. The summed E-state index contributed by atoms with van der Waals surface area (Å²) < 4.78 is 18.4. The first-order chi connectivity index (χ1) is 18.9. The van der Waals surface area contributed by atoms with Crippen molar-refractivity contribution in [2.24, 2.45) is 5.73 Å². The maximum atomic E-state index is 13.4. The van der Waals surface area contributed by atoms with Gasteiger partial charge in [-0.05, 0) is 29.3 Å². The topological polar surface area (TPSA) is 150 Å². The molecule has 6 aromatic rings. The van der Waals surface area contributed by atoms with E-state index in [1.165, 1.54) is 6.92 Å². The van der Waals surface area contributed by atoms with E-state index >= 15 is 0 Å². The molecule has 1 aliphatic rings. The summed E-state index contributed by atoms with van der Waals surface area (Å²) in [4.78, 5) is 39.6. The number of esters is 1. The molecule has 3 aromatic carbocycles. The molecule has 39 heavy (non-hydrogen) atoms. The number of carbonyl (C=O) groups excluding carboxylic acids is 1. The van der Waals surface area contributed by atoms with Gasteiger partial charge in [-0.25, -0.2) is 4.98 Å². The van der Waals surface area contributed by atoms with Crippen LogP contribution in [0.2, 0.25) is 0 Å². The van der Waals surface area contributed by atoms with Gasteiger partial charge in [0.05, 0.1) is 27.6 Å². The fourth-order valence-electron chi connectivity index (χ4n) is 4.99. The van der Waals surface area contributed by atoms with Crippen LogP contribution in [0.15, 0.2) is 59.5 Å². The summed E-state index contributed by atoms with van der Waals surface area (Å²) in [6.45, 7) is 2.45. The standard InChI is InChI=1S/C28H22N6O5/c1-14(35)39-28-32-21-7-19-20(8-22(21)33-28)31-27(36)26(30-19)18-12-34(11-16-4-2-3-15(5-16)10-29)23-9-25-24(6-17(18)23)37-13-38-25/h2-9,12H,10-11,13,29H2,1H3,(H,31,36)(H,32,33). The van der Waals surface area contributed by atoms with Gasteiger partial charge in [-0.15, -0.1) is 0 Å². The lowest BCUT2D eigenvalue weighted by Gasteiger charge is -2.08. The van der Waals surface area contributed by atoms with Crippen molar-refractivity contribution in [2.45, 2.75) is 20.0 Å². The molecule has 0 spiro atoms. The van der Waals surface area contributed by atoms with Crippen molar-refractivity contribution in [2.75, 3.05) is 6.79 Å². The van der Waals surface area contributed by atoms with E-state index in [9.17, 15) is 9.59 Å². The summed E-state index contributed by atoms with van der Waals surface area (Å²) in [7, 11) is 0.